The number of nitrogens with two attached hydrogens (primary N) is 1. The summed E-state index contributed by atoms with van der Waals surface area (Å²) in [4.78, 5) is 3.27. The summed E-state index contributed by atoms with van der Waals surface area (Å²) in [5.41, 5.74) is 5.67. The second-order valence-corrected chi connectivity index (χ2v) is 4.93. The molecule has 6 heteroatoms. The van der Waals surface area contributed by atoms with E-state index < -0.39 is 11.9 Å². The smallest absolute Gasteiger partial charge is 0.433 e. The molecule has 0 aliphatic carbocycles. The van der Waals surface area contributed by atoms with Crippen LogP contribution in [0.3, 0.4) is 0 Å². The predicted molar refractivity (Wildman–Crippen MR) is 74.3 cm³/mol. The first-order valence-electron chi connectivity index (χ1n) is 6.38. The monoisotopic (exact) mass is 296 g/mol. The maximum atomic E-state index is 12.6. The van der Waals surface area contributed by atoms with Crippen LogP contribution in [0.5, 0.6) is 11.5 Å². The number of hydrogen-bond acceptors (Lipinski definition) is 3. The summed E-state index contributed by atoms with van der Waals surface area (Å²) in [6.45, 7) is 4.03. The fraction of sp³-hybridized carbons (Fsp3) is 0.267. The number of ether oxygens (including phenoxy) is 1. The molecule has 2 aromatic rings. The number of aromatic nitrogens is 1. The molecular weight excluding hydrogens is 281 g/mol. The van der Waals surface area contributed by atoms with Crippen LogP contribution in [0.1, 0.15) is 31.0 Å². The van der Waals surface area contributed by atoms with Crippen molar-refractivity contribution in [3.05, 3.63) is 47.8 Å². The highest BCUT2D eigenvalue weighted by molar-refractivity contribution is 5.53. The Kier molecular flexibility index (Phi) is 4.06. The van der Waals surface area contributed by atoms with Gasteiger partial charge in [0.15, 0.2) is 5.75 Å². The predicted octanol–water partition coefficient (Wildman–Crippen LogP) is 4.60. The highest BCUT2D eigenvalue weighted by atomic mass is 19.4. The Balaban J connectivity index is 2.33. The quantitative estimate of drug-likeness (QED) is 0.900. The van der Waals surface area contributed by atoms with Crippen molar-refractivity contribution < 1.29 is 17.9 Å². The molecule has 2 N–H and O–H groups in total. The molecule has 0 aliphatic rings. The van der Waals surface area contributed by atoms with Crippen LogP contribution in [0.4, 0.5) is 18.9 Å². The molecule has 0 saturated carbocycles. The molecule has 0 bridgehead atoms. The van der Waals surface area contributed by atoms with Gasteiger partial charge in [0, 0.05) is 6.07 Å². The summed E-state index contributed by atoms with van der Waals surface area (Å²) < 4.78 is 43.4. The summed E-state index contributed by atoms with van der Waals surface area (Å²) in [6.07, 6.45) is -3.59. The van der Waals surface area contributed by atoms with E-state index >= 15 is 0 Å². The van der Waals surface area contributed by atoms with Crippen LogP contribution in [0.2, 0.25) is 0 Å². The Labute approximate surface area is 120 Å². The van der Waals surface area contributed by atoms with E-state index in [2.05, 4.69) is 4.98 Å². The van der Waals surface area contributed by atoms with Crippen LogP contribution >= 0.6 is 0 Å². The van der Waals surface area contributed by atoms with E-state index in [1.807, 2.05) is 19.9 Å². The molecule has 1 aromatic carbocycles. The van der Waals surface area contributed by atoms with E-state index in [-0.39, 0.29) is 17.4 Å². The summed E-state index contributed by atoms with van der Waals surface area (Å²) in [5, 5.41) is 0. The largest absolute Gasteiger partial charge is 0.455 e. The topological polar surface area (TPSA) is 48.1 Å². The van der Waals surface area contributed by atoms with Crippen LogP contribution in [0.15, 0.2) is 36.5 Å². The lowest BCUT2D eigenvalue weighted by Crippen LogP contribution is -2.08. The summed E-state index contributed by atoms with van der Waals surface area (Å²) >= 11 is 0. The lowest BCUT2D eigenvalue weighted by Gasteiger charge is -2.13. The van der Waals surface area contributed by atoms with Gasteiger partial charge in [-0.2, -0.15) is 13.2 Å². The third-order valence-electron chi connectivity index (χ3n) is 2.94. The van der Waals surface area contributed by atoms with Crippen molar-refractivity contribution in [2.75, 3.05) is 5.73 Å². The van der Waals surface area contributed by atoms with Crippen molar-refractivity contribution in [3.8, 4) is 11.5 Å². The van der Waals surface area contributed by atoms with Crippen molar-refractivity contribution in [3.63, 3.8) is 0 Å². The summed E-state index contributed by atoms with van der Waals surface area (Å²) in [7, 11) is 0. The maximum Gasteiger partial charge on any atom is 0.433 e. The highest BCUT2D eigenvalue weighted by Crippen LogP contribution is 2.34. The standard InChI is InChI=1S/C15H15F3N2O/c1-9(2)10-4-3-5-11(6-10)21-13-7-14(15(16,17)18)20-8-12(13)19/h3-9H,19H2,1-2H3. The van der Waals surface area contributed by atoms with Gasteiger partial charge in [-0.3, -0.25) is 0 Å². The molecule has 1 aromatic heterocycles. The second-order valence-electron chi connectivity index (χ2n) is 4.93. The molecule has 112 valence electrons. The van der Waals surface area contributed by atoms with Crippen LogP contribution in [0.25, 0.3) is 0 Å². The molecule has 21 heavy (non-hydrogen) atoms. The number of nitrogen functional groups attached to an aromatic ring is 1. The molecule has 0 aliphatic heterocycles. The Hall–Kier alpha value is -2.24. The fourth-order valence-electron chi connectivity index (χ4n) is 1.76. The molecule has 0 spiro atoms. The number of rotatable bonds is 3. The average Bonchev–Trinajstić information content (AvgIpc) is 2.40. The number of benzene rings is 1. The first-order valence-corrected chi connectivity index (χ1v) is 6.38. The summed E-state index contributed by atoms with van der Waals surface area (Å²) in [6, 6.07) is 7.95. The normalized spacial score (nSPS) is 11.7. The van der Waals surface area contributed by atoms with Gasteiger partial charge in [-0.25, -0.2) is 4.98 Å². The highest BCUT2D eigenvalue weighted by Gasteiger charge is 2.33. The number of nitrogens with zero attached hydrogens (tertiary/aromatic N) is 1. The Bertz CT molecular complexity index is 639. The third-order valence-corrected chi connectivity index (χ3v) is 2.94. The minimum atomic E-state index is -4.54. The number of anilines is 1. The van der Waals surface area contributed by atoms with E-state index in [1.165, 1.54) is 0 Å². The molecule has 0 atom stereocenters. The number of alkyl halides is 3. The van der Waals surface area contributed by atoms with Crippen molar-refractivity contribution >= 4 is 5.69 Å². The van der Waals surface area contributed by atoms with Crippen molar-refractivity contribution in [1.29, 1.82) is 0 Å². The third kappa shape index (κ3) is 3.65. The van der Waals surface area contributed by atoms with Crippen molar-refractivity contribution in [2.45, 2.75) is 25.9 Å². The van der Waals surface area contributed by atoms with Gasteiger partial charge in [0.1, 0.15) is 11.4 Å². The van der Waals surface area contributed by atoms with Crippen LogP contribution < -0.4 is 10.5 Å². The van der Waals surface area contributed by atoms with Crippen molar-refractivity contribution in [2.24, 2.45) is 0 Å². The van der Waals surface area contributed by atoms with Crippen LogP contribution in [0, 0.1) is 0 Å². The van der Waals surface area contributed by atoms with E-state index in [0.717, 1.165) is 17.8 Å². The van der Waals surface area contributed by atoms with Gasteiger partial charge in [0.25, 0.3) is 0 Å². The van der Waals surface area contributed by atoms with Gasteiger partial charge >= 0.3 is 6.18 Å². The first kappa shape index (κ1) is 15.2. The van der Waals surface area contributed by atoms with Gasteiger partial charge in [-0.1, -0.05) is 26.0 Å². The van der Waals surface area contributed by atoms with Crippen LogP contribution in [-0.2, 0) is 6.18 Å². The zero-order chi connectivity index (χ0) is 15.6. The van der Waals surface area contributed by atoms with E-state index in [4.69, 9.17) is 10.5 Å². The fourth-order valence-corrected chi connectivity index (χ4v) is 1.76. The zero-order valence-electron chi connectivity index (χ0n) is 11.6. The molecule has 0 radical (unpaired) electrons. The van der Waals surface area contributed by atoms with E-state index in [0.29, 0.717) is 5.75 Å². The molecule has 0 amide bonds. The Morgan fingerprint density at radius 3 is 2.52 bits per heavy atom. The number of hydrogen-bond donors (Lipinski definition) is 1. The average molecular weight is 296 g/mol. The van der Waals surface area contributed by atoms with Gasteiger partial charge < -0.3 is 10.5 Å². The second kappa shape index (κ2) is 5.63. The van der Waals surface area contributed by atoms with E-state index in [1.54, 1.807) is 18.2 Å². The minimum absolute atomic E-state index is 0.0537. The minimum Gasteiger partial charge on any atom is -0.455 e. The first-order chi connectivity index (χ1) is 9.77. The lowest BCUT2D eigenvalue weighted by atomic mass is 10.0. The van der Waals surface area contributed by atoms with Gasteiger partial charge in [-0.15, -0.1) is 0 Å². The molecule has 3 nitrogen and oxygen atoms in total. The van der Waals surface area contributed by atoms with E-state index in [9.17, 15) is 13.2 Å². The molecule has 0 saturated heterocycles. The molecule has 2 rings (SSSR count). The van der Waals surface area contributed by atoms with Crippen molar-refractivity contribution in [1.82, 2.24) is 4.98 Å². The Morgan fingerprint density at radius 2 is 1.90 bits per heavy atom. The number of pyridine rings is 1. The summed E-state index contributed by atoms with van der Waals surface area (Å²) in [5.74, 6) is 0.666. The molecule has 1 heterocycles. The molecular formula is C15H15F3N2O. The molecule has 0 fully saturated rings. The number of halogens is 3. The molecule has 0 unspecified atom stereocenters. The maximum absolute atomic E-state index is 12.6. The van der Waals surface area contributed by atoms with Gasteiger partial charge in [0.2, 0.25) is 0 Å². The van der Waals surface area contributed by atoms with Gasteiger partial charge in [0.05, 0.1) is 11.9 Å². The van der Waals surface area contributed by atoms with Crippen LogP contribution in [-0.4, -0.2) is 4.98 Å². The Morgan fingerprint density at radius 1 is 1.19 bits per heavy atom. The zero-order valence-corrected chi connectivity index (χ0v) is 11.6. The SMILES string of the molecule is CC(C)c1cccc(Oc2cc(C(F)(F)F)ncc2N)c1. The van der Waals surface area contributed by atoms with Gasteiger partial charge in [-0.05, 0) is 23.6 Å². The lowest BCUT2D eigenvalue weighted by molar-refractivity contribution is -0.141.